The molecule has 0 aliphatic heterocycles. The molecule has 1 N–H and O–H groups in total. The first-order valence-corrected chi connectivity index (χ1v) is 13.6. The second kappa shape index (κ2) is 12.5. The van der Waals surface area contributed by atoms with E-state index < -0.39 is 11.9 Å². The van der Waals surface area contributed by atoms with Crippen molar-refractivity contribution in [1.82, 2.24) is 35.5 Å². The number of benzene rings is 2. The Bertz CT molecular complexity index is 1630. The molecule has 0 fully saturated rings. The van der Waals surface area contributed by atoms with E-state index in [9.17, 15) is 9.59 Å². The molecular formula is C31H32N8O2. The minimum absolute atomic E-state index is 0.230. The summed E-state index contributed by atoms with van der Waals surface area (Å²) < 4.78 is 0. The van der Waals surface area contributed by atoms with Crippen molar-refractivity contribution in [3.8, 4) is 11.4 Å². The molecule has 10 heteroatoms. The summed E-state index contributed by atoms with van der Waals surface area (Å²) in [6.07, 6.45) is 5.64. The van der Waals surface area contributed by atoms with Gasteiger partial charge >= 0.3 is 0 Å². The lowest BCUT2D eigenvalue weighted by molar-refractivity contribution is -0.127. The van der Waals surface area contributed by atoms with E-state index in [-0.39, 0.29) is 12.5 Å². The predicted octanol–water partition coefficient (Wildman–Crippen LogP) is 4.53. The van der Waals surface area contributed by atoms with Crippen LogP contribution in [-0.2, 0) is 16.1 Å². The summed E-state index contributed by atoms with van der Waals surface area (Å²) >= 11 is 0. The number of hydrogen-bond donors (Lipinski definition) is 1. The number of pyridine rings is 2. The van der Waals surface area contributed by atoms with Crippen molar-refractivity contribution in [2.24, 2.45) is 5.92 Å². The molecule has 2 amide bonds. The monoisotopic (exact) mass is 548 g/mol. The van der Waals surface area contributed by atoms with Gasteiger partial charge in [0.25, 0.3) is 5.91 Å². The summed E-state index contributed by atoms with van der Waals surface area (Å²) in [6.45, 7) is 6.45. The van der Waals surface area contributed by atoms with Crippen molar-refractivity contribution in [2.45, 2.75) is 39.8 Å². The van der Waals surface area contributed by atoms with Gasteiger partial charge in [-0.2, -0.15) is 4.80 Å². The number of aryl methyl sites for hydroxylation is 1. The highest BCUT2D eigenvalue weighted by Gasteiger charge is 2.33. The molecule has 0 spiro atoms. The van der Waals surface area contributed by atoms with Crippen molar-refractivity contribution >= 4 is 28.4 Å². The van der Waals surface area contributed by atoms with Crippen LogP contribution in [0.1, 0.15) is 37.4 Å². The number of carbonyl (C=O) groups excluding carboxylic acids is 2. The van der Waals surface area contributed by atoms with E-state index in [1.54, 1.807) is 30.7 Å². The minimum atomic E-state index is -0.972. The van der Waals surface area contributed by atoms with Gasteiger partial charge in [0, 0.05) is 29.9 Å². The van der Waals surface area contributed by atoms with Crippen LogP contribution in [0.5, 0.6) is 0 Å². The van der Waals surface area contributed by atoms with Gasteiger partial charge in [-0.05, 0) is 54.3 Å². The summed E-state index contributed by atoms with van der Waals surface area (Å²) in [5.74, 6) is 0.132. The second-order valence-corrected chi connectivity index (χ2v) is 10.3. The molecule has 41 heavy (non-hydrogen) atoms. The summed E-state index contributed by atoms with van der Waals surface area (Å²) in [4.78, 5) is 39.3. The maximum Gasteiger partial charge on any atom is 0.251 e. The van der Waals surface area contributed by atoms with E-state index in [0.717, 1.165) is 28.5 Å². The van der Waals surface area contributed by atoms with Gasteiger partial charge in [-0.1, -0.05) is 61.9 Å². The lowest BCUT2D eigenvalue weighted by Crippen LogP contribution is -2.45. The third-order valence-corrected chi connectivity index (χ3v) is 6.71. The number of tetrazole rings is 1. The number of para-hydroxylation sites is 1. The van der Waals surface area contributed by atoms with Gasteiger partial charge in [0.1, 0.15) is 12.6 Å². The van der Waals surface area contributed by atoms with Crippen molar-refractivity contribution in [2.75, 3.05) is 11.4 Å². The van der Waals surface area contributed by atoms with Gasteiger partial charge in [-0.3, -0.25) is 24.5 Å². The van der Waals surface area contributed by atoms with Gasteiger partial charge in [0.15, 0.2) is 0 Å². The number of carbonyl (C=O) groups is 2. The Morgan fingerprint density at radius 1 is 1.00 bits per heavy atom. The van der Waals surface area contributed by atoms with E-state index in [1.807, 2.05) is 61.5 Å². The second-order valence-electron chi connectivity index (χ2n) is 10.3. The van der Waals surface area contributed by atoms with E-state index in [4.69, 9.17) is 0 Å². The fourth-order valence-electron chi connectivity index (χ4n) is 4.50. The van der Waals surface area contributed by atoms with Crippen LogP contribution in [0.2, 0.25) is 0 Å². The summed E-state index contributed by atoms with van der Waals surface area (Å²) in [5.41, 5.74) is 3.80. The van der Waals surface area contributed by atoms with E-state index in [0.29, 0.717) is 29.5 Å². The lowest BCUT2D eigenvalue weighted by atomic mass is 10.0. The lowest BCUT2D eigenvalue weighted by Gasteiger charge is -2.31. The Morgan fingerprint density at radius 2 is 1.76 bits per heavy atom. The molecule has 208 valence electrons. The Hall–Kier alpha value is -4.99. The van der Waals surface area contributed by atoms with Crippen molar-refractivity contribution in [3.05, 3.63) is 96.4 Å². The predicted molar refractivity (Wildman–Crippen MR) is 157 cm³/mol. The molecule has 5 rings (SSSR count). The number of fused-ring (bicyclic) bond motifs is 1. The summed E-state index contributed by atoms with van der Waals surface area (Å²) in [6, 6.07) is 19.8. The Balaban J connectivity index is 1.53. The Kier molecular flexibility index (Phi) is 8.38. The van der Waals surface area contributed by atoms with Crippen LogP contribution < -0.4 is 10.2 Å². The van der Waals surface area contributed by atoms with Crippen LogP contribution in [0.15, 0.2) is 85.3 Å². The van der Waals surface area contributed by atoms with Crippen LogP contribution >= 0.6 is 0 Å². The van der Waals surface area contributed by atoms with Crippen molar-refractivity contribution in [1.29, 1.82) is 0 Å². The maximum atomic E-state index is 14.1. The third-order valence-electron chi connectivity index (χ3n) is 6.71. The quantitative estimate of drug-likeness (QED) is 0.272. The smallest absolute Gasteiger partial charge is 0.251 e. The zero-order valence-electron chi connectivity index (χ0n) is 23.3. The fourth-order valence-corrected chi connectivity index (χ4v) is 4.50. The Labute approximate surface area is 238 Å². The highest BCUT2D eigenvalue weighted by Crippen LogP contribution is 2.30. The molecule has 1 atom stereocenters. The maximum absolute atomic E-state index is 14.1. The molecule has 0 saturated heterocycles. The van der Waals surface area contributed by atoms with Crippen molar-refractivity contribution in [3.63, 3.8) is 0 Å². The standard InChI is InChI=1S/C31H32N8O2/c1-21(2)12-17-33-31(41)29(23-13-15-32-16-14-23)39(26-18-25-6-4-5-7-27(25)34-19-26)28(40)20-38-36-30(35-37-38)24-10-8-22(3)9-11-24/h4-11,13-16,18-19,21,29H,12,17,20H2,1-3H3,(H,33,41)/t29-/m0/s1. The first-order valence-electron chi connectivity index (χ1n) is 13.6. The number of amides is 2. The summed E-state index contributed by atoms with van der Waals surface area (Å²) in [5, 5.41) is 16.6. The molecular weight excluding hydrogens is 516 g/mol. The molecule has 3 aromatic heterocycles. The average Bonchev–Trinajstić information content (AvgIpc) is 3.44. The number of hydrogen-bond acceptors (Lipinski definition) is 7. The minimum Gasteiger partial charge on any atom is -0.354 e. The molecule has 10 nitrogen and oxygen atoms in total. The van der Waals surface area contributed by atoms with Gasteiger partial charge in [-0.25, -0.2) is 0 Å². The van der Waals surface area contributed by atoms with Crippen LogP contribution in [0.4, 0.5) is 5.69 Å². The Morgan fingerprint density at radius 3 is 2.51 bits per heavy atom. The van der Waals surface area contributed by atoms with E-state index >= 15 is 0 Å². The number of anilines is 1. The largest absolute Gasteiger partial charge is 0.354 e. The van der Waals surface area contributed by atoms with Gasteiger partial charge in [0.2, 0.25) is 11.7 Å². The van der Waals surface area contributed by atoms with Crippen LogP contribution in [0, 0.1) is 12.8 Å². The molecule has 0 unspecified atom stereocenters. The summed E-state index contributed by atoms with van der Waals surface area (Å²) in [7, 11) is 0. The highest BCUT2D eigenvalue weighted by molar-refractivity contribution is 6.02. The van der Waals surface area contributed by atoms with E-state index in [1.165, 1.54) is 9.70 Å². The zero-order valence-corrected chi connectivity index (χ0v) is 23.3. The number of nitrogens with zero attached hydrogens (tertiary/aromatic N) is 7. The first-order chi connectivity index (χ1) is 19.9. The van der Waals surface area contributed by atoms with Gasteiger partial charge in [-0.15, -0.1) is 10.2 Å². The topological polar surface area (TPSA) is 119 Å². The number of nitrogens with one attached hydrogen (secondary N) is 1. The third kappa shape index (κ3) is 6.60. The molecule has 2 aromatic carbocycles. The average molecular weight is 549 g/mol. The van der Waals surface area contributed by atoms with Gasteiger partial charge in [0.05, 0.1) is 17.4 Å². The fraction of sp³-hybridized carbons (Fsp3) is 0.258. The van der Waals surface area contributed by atoms with Crippen molar-refractivity contribution < 1.29 is 9.59 Å². The van der Waals surface area contributed by atoms with E-state index in [2.05, 4.69) is 44.5 Å². The molecule has 5 aromatic rings. The van der Waals surface area contributed by atoms with Crippen LogP contribution in [0.3, 0.4) is 0 Å². The first kappa shape index (κ1) is 27.6. The molecule has 0 aliphatic carbocycles. The normalized spacial score (nSPS) is 11.9. The molecule has 0 aliphatic rings. The molecule has 3 heterocycles. The number of rotatable bonds is 10. The molecule has 0 bridgehead atoms. The van der Waals surface area contributed by atoms with Crippen LogP contribution in [-0.4, -0.2) is 48.5 Å². The number of aromatic nitrogens is 6. The SMILES string of the molecule is Cc1ccc(-c2nnn(CC(=O)N(c3cnc4ccccc4c3)[C@H](C(=O)NCCC(C)C)c3ccncc3)n2)cc1. The molecule has 0 saturated carbocycles. The highest BCUT2D eigenvalue weighted by atomic mass is 16.2. The zero-order chi connectivity index (χ0) is 28.8. The molecule has 0 radical (unpaired) electrons. The van der Waals surface area contributed by atoms with Crippen LogP contribution in [0.25, 0.3) is 22.3 Å². The van der Waals surface area contributed by atoms with Gasteiger partial charge < -0.3 is 5.32 Å².